The van der Waals surface area contributed by atoms with Crippen LogP contribution in [0, 0.1) is 0 Å². The van der Waals surface area contributed by atoms with E-state index in [0.29, 0.717) is 18.7 Å². The number of aliphatic hydroxyl groups is 1. The van der Waals surface area contributed by atoms with Crippen LogP contribution in [0.5, 0.6) is 0 Å². The Balaban J connectivity index is 2.22. The fourth-order valence-corrected chi connectivity index (χ4v) is 2.15. The molecule has 0 aromatic carbocycles. The third-order valence-electron chi connectivity index (χ3n) is 3.29. The Morgan fingerprint density at radius 2 is 2.47 bits per heavy atom. The zero-order chi connectivity index (χ0) is 13.8. The second-order valence-electron chi connectivity index (χ2n) is 4.62. The van der Waals surface area contributed by atoms with Crippen molar-refractivity contribution in [1.29, 1.82) is 0 Å². The minimum absolute atomic E-state index is 0.0137. The van der Waals surface area contributed by atoms with Crippen LogP contribution in [-0.2, 0) is 4.74 Å². The van der Waals surface area contributed by atoms with Gasteiger partial charge in [-0.1, -0.05) is 0 Å². The van der Waals surface area contributed by atoms with Crippen LogP contribution < -0.4 is 5.32 Å². The number of morpholine rings is 1. The predicted molar refractivity (Wildman–Crippen MR) is 71.1 cm³/mol. The zero-order valence-electron chi connectivity index (χ0n) is 11.2. The highest BCUT2D eigenvalue weighted by atomic mass is 16.5. The van der Waals surface area contributed by atoms with Gasteiger partial charge >= 0.3 is 0 Å². The van der Waals surface area contributed by atoms with Gasteiger partial charge in [0.05, 0.1) is 30.9 Å². The van der Waals surface area contributed by atoms with Gasteiger partial charge in [0.1, 0.15) is 0 Å². The van der Waals surface area contributed by atoms with Crippen molar-refractivity contribution in [2.45, 2.75) is 19.1 Å². The molecule has 19 heavy (non-hydrogen) atoms. The molecule has 1 fully saturated rings. The van der Waals surface area contributed by atoms with Gasteiger partial charge in [-0.15, -0.1) is 0 Å². The molecule has 1 saturated heterocycles. The van der Waals surface area contributed by atoms with E-state index in [4.69, 9.17) is 9.84 Å². The van der Waals surface area contributed by atoms with E-state index in [-0.39, 0.29) is 24.7 Å². The van der Waals surface area contributed by atoms with Gasteiger partial charge in [0.2, 0.25) is 0 Å². The van der Waals surface area contributed by atoms with Gasteiger partial charge in [-0.25, -0.2) is 0 Å². The van der Waals surface area contributed by atoms with Gasteiger partial charge < -0.3 is 20.1 Å². The van der Waals surface area contributed by atoms with Crippen LogP contribution in [0.3, 0.4) is 0 Å². The molecule has 2 N–H and O–H groups in total. The molecule has 0 saturated carbocycles. The van der Waals surface area contributed by atoms with E-state index in [2.05, 4.69) is 10.3 Å². The molecule has 2 unspecified atom stereocenters. The summed E-state index contributed by atoms with van der Waals surface area (Å²) in [5.74, 6) is -0.0910. The highest BCUT2D eigenvalue weighted by molar-refractivity contribution is 5.99. The summed E-state index contributed by atoms with van der Waals surface area (Å²) >= 11 is 0. The number of aromatic nitrogens is 1. The van der Waals surface area contributed by atoms with Gasteiger partial charge in [-0.05, 0) is 13.0 Å². The minimum Gasteiger partial charge on any atom is -0.394 e. The second kappa shape index (κ2) is 5.99. The van der Waals surface area contributed by atoms with E-state index in [1.54, 1.807) is 30.4 Å². The number of ether oxygens (including phenoxy) is 1. The number of hydrogen-bond acceptors (Lipinski definition) is 5. The molecular formula is C13H19N3O3. The maximum absolute atomic E-state index is 12.6. The summed E-state index contributed by atoms with van der Waals surface area (Å²) in [6.45, 7) is 2.68. The van der Waals surface area contributed by atoms with Crippen molar-refractivity contribution in [3.8, 4) is 0 Å². The van der Waals surface area contributed by atoms with Crippen LogP contribution in [0.1, 0.15) is 17.3 Å². The van der Waals surface area contributed by atoms with Gasteiger partial charge in [-0.2, -0.15) is 0 Å². The van der Waals surface area contributed by atoms with E-state index in [0.717, 1.165) is 5.69 Å². The molecule has 1 aromatic rings. The first-order valence-electron chi connectivity index (χ1n) is 6.32. The first kappa shape index (κ1) is 13.8. The minimum atomic E-state index is -0.310. The lowest BCUT2D eigenvalue weighted by Crippen LogP contribution is -2.52. The normalized spacial score (nSPS) is 23.2. The average Bonchev–Trinajstić information content (AvgIpc) is 2.47. The molecule has 6 heteroatoms. The summed E-state index contributed by atoms with van der Waals surface area (Å²) in [6, 6.07) is 1.75. The fourth-order valence-electron chi connectivity index (χ4n) is 2.15. The van der Waals surface area contributed by atoms with Crippen LogP contribution in [0.15, 0.2) is 18.5 Å². The van der Waals surface area contributed by atoms with E-state index in [1.165, 1.54) is 0 Å². The number of nitrogens with one attached hydrogen (secondary N) is 1. The smallest absolute Gasteiger partial charge is 0.257 e. The molecule has 2 atom stereocenters. The topological polar surface area (TPSA) is 74.7 Å². The number of anilines is 1. The van der Waals surface area contributed by atoms with E-state index in [9.17, 15) is 4.79 Å². The Bertz CT molecular complexity index is 453. The average molecular weight is 265 g/mol. The molecule has 0 radical (unpaired) electrons. The van der Waals surface area contributed by atoms with E-state index >= 15 is 0 Å². The summed E-state index contributed by atoms with van der Waals surface area (Å²) in [7, 11) is 1.77. The first-order valence-corrected chi connectivity index (χ1v) is 6.32. The third kappa shape index (κ3) is 2.85. The lowest BCUT2D eigenvalue weighted by Gasteiger charge is -2.37. The summed E-state index contributed by atoms with van der Waals surface area (Å²) in [5, 5.41) is 12.1. The van der Waals surface area contributed by atoms with E-state index < -0.39 is 0 Å². The maximum Gasteiger partial charge on any atom is 0.257 e. The van der Waals surface area contributed by atoms with Crippen LogP contribution in [0.25, 0.3) is 0 Å². The SMILES string of the molecule is CNc1ccncc1C(=O)N1CC(CO)OCC1C. The van der Waals surface area contributed by atoms with E-state index in [1.807, 2.05) is 6.92 Å². The summed E-state index contributed by atoms with van der Waals surface area (Å²) < 4.78 is 5.44. The molecule has 0 spiro atoms. The third-order valence-corrected chi connectivity index (χ3v) is 3.29. The first-order chi connectivity index (χ1) is 9.17. The number of aliphatic hydroxyl groups excluding tert-OH is 1. The Hall–Kier alpha value is -1.66. The molecule has 1 aliphatic rings. The second-order valence-corrected chi connectivity index (χ2v) is 4.62. The number of nitrogens with zero attached hydrogens (tertiary/aromatic N) is 2. The highest BCUT2D eigenvalue weighted by Crippen LogP contribution is 2.19. The van der Waals surface area contributed by atoms with Gasteiger partial charge in [0.15, 0.2) is 0 Å². The molecule has 1 amide bonds. The van der Waals surface area contributed by atoms with Crippen molar-refractivity contribution in [1.82, 2.24) is 9.88 Å². The Morgan fingerprint density at radius 3 is 3.16 bits per heavy atom. The summed E-state index contributed by atoms with van der Waals surface area (Å²) in [4.78, 5) is 18.3. The van der Waals surface area contributed by atoms with Crippen LogP contribution >= 0.6 is 0 Å². The number of carbonyl (C=O) groups excluding carboxylic acids is 1. The van der Waals surface area contributed by atoms with Crippen LogP contribution in [0.4, 0.5) is 5.69 Å². The Kier molecular flexibility index (Phi) is 4.34. The van der Waals surface area contributed by atoms with Crippen molar-refractivity contribution >= 4 is 11.6 Å². The number of hydrogen-bond donors (Lipinski definition) is 2. The van der Waals surface area contributed by atoms with Gasteiger partial charge in [-0.3, -0.25) is 9.78 Å². The Morgan fingerprint density at radius 1 is 1.68 bits per heavy atom. The largest absolute Gasteiger partial charge is 0.394 e. The number of carbonyl (C=O) groups is 1. The van der Waals surface area contributed by atoms with Gasteiger partial charge in [0.25, 0.3) is 5.91 Å². The lowest BCUT2D eigenvalue weighted by molar-refractivity contribution is -0.0667. The van der Waals surface area contributed by atoms with Crippen LogP contribution in [0.2, 0.25) is 0 Å². The zero-order valence-corrected chi connectivity index (χ0v) is 11.2. The summed E-state index contributed by atoms with van der Waals surface area (Å²) in [6.07, 6.45) is 2.89. The van der Waals surface area contributed by atoms with Gasteiger partial charge in [0, 0.05) is 31.7 Å². The van der Waals surface area contributed by atoms with Crippen LogP contribution in [-0.4, -0.2) is 59.8 Å². The predicted octanol–water partition coefficient (Wildman–Crippen LogP) is 0.345. The lowest BCUT2D eigenvalue weighted by atomic mass is 10.1. The van der Waals surface area contributed by atoms with Crippen molar-refractivity contribution in [2.24, 2.45) is 0 Å². The fraction of sp³-hybridized carbons (Fsp3) is 0.538. The molecule has 6 nitrogen and oxygen atoms in total. The monoisotopic (exact) mass is 265 g/mol. The molecule has 104 valence electrons. The molecule has 1 aromatic heterocycles. The highest BCUT2D eigenvalue weighted by Gasteiger charge is 2.30. The molecule has 2 heterocycles. The van der Waals surface area contributed by atoms with Crippen molar-refractivity contribution < 1.29 is 14.6 Å². The van der Waals surface area contributed by atoms with Crippen molar-refractivity contribution in [3.05, 3.63) is 24.0 Å². The van der Waals surface area contributed by atoms with Crippen molar-refractivity contribution in [3.63, 3.8) is 0 Å². The molecular weight excluding hydrogens is 246 g/mol. The standard InChI is InChI=1S/C13H19N3O3/c1-9-8-19-10(7-17)6-16(9)13(18)11-5-15-4-3-12(11)14-2/h3-5,9-10,17H,6-8H2,1-2H3,(H,14,15). The Labute approximate surface area is 112 Å². The molecule has 0 aliphatic carbocycles. The van der Waals surface area contributed by atoms with Crippen molar-refractivity contribution in [2.75, 3.05) is 32.1 Å². The molecule has 2 rings (SSSR count). The number of pyridine rings is 1. The quantitative estimate of drug-likeness (QED) is 0.824. The molecule has 1 aliphatic heterocycles. The maximum atomic E-state index is 12.6. The number of amides is 1. The summed E-state index contributed by atoms with van der Waals surface area (Å²) in [5.41, 5.74) is 1.29. The molecule has 0 bridgehead atoms. The number of rotatable bonds is 3.